The first-order valence-electron chi connectivity index (χ1n) is 7.22. The molecule has 0 saturated carbocycles. The second-order valence-electron chi connectivity index (χ2n) is 5.35. The van der Waals surface area contributed by atoms with E-state index in [-0.39, 0.29) is 5.82 Å². The molecule has 0 radical (unpaired) electrons. The number of rotatable bonds is 5. The molecule has 1 fully saturated rings. The summed E-state index contributed by atoms with van der Waals surface area (Å²) < 4.78 is 39.7. The van der Waals surface area contributed by atoms with E-state index in [1.807, 2.05) is 4.90 Å². The molecule has 2 aromatic rings. The summed E-state index contributed by atoms with van der Waals surface area (Å²) in [6, 6.07) is 6.58. The molecule has 1 aliphatic heterocycles. The van der Waals surface area contributed by atoms with E-state index in [2.05, 4.69) is 14.9 Å². The highest BCUT2D eigenvalue weighted by molar-refractivity contribution is 7.90. The van der Waals surface area contributed by atoms with E-state index in [1.165, 1.54) is 24.5 Å². The molecule has 1 unspecified atom stereocenters. The van der Waals surface area contributed by atoms with Crippen molar-refractivity contribution in [1.29, 1.82) is 0 Å². The third kappa shape index (κ3) is 3.51. The largest absolute Gasteiger partial charge is 0.345 e. The third-order valence-electron chi connectivity index (χ3n) is 3.89. The second kappa shape index (κ2) is 6.50. The lowest BCUT2D eigenvalue weighted by Gasteiger charge is -2.14. The van der Waals surface area contributed by atoms with E-state index < -0.39 is 15.3 Å². The molecule has 3 rings (SSSR count). The molecule has 23 heavy (non-hydrogen) atoms. The Hall–Kier alpha value is -1.58. The van der Waals surface area contributed by atoms with Crippen LogP contribution < -0.4 is 9.62 Å². The van der Waals surface area contributed by atoms with Crippen LogP contribution in [0.4, 0.5) is 9.52 Å². The zero-order valence-electron chi connectivity index (χ0n) is 12.6. The molecule has 0 aliphatic carbocycles. The van der Waals surface area contributed by atoms with Crippen LogP contribution in [0, 0.1) is 5.82 Å². The molecule has 1 atom stereocenters. The number of hydrogen-bond donors (Lipinski definition) is 1. The van der Waals surface area contributed by atoms with Gasteiger partial charge in [-0.05, 0) is 25.1 Å². The smallest absolute Gasteiger partial charge is 0.216 e. The highest BCUT2D eigenvalue weighted by Crippen LogP contribution is 2.27. The minimum atomic E-state index is -3.27. The first-order chi connectivity index (χ1) is 11.0. The predicted octanol–water partition coefficient (Wildman–Crippen LogP) is 1.40. The van der Waals surface area contributed by atoms with Crippen LogP contribution in [0.2, 0.25) is 0 Å². The van der Waals surface area contributed by atoms with Gasteiger partial charge >= 0.3 is 0 Å². The maximum atomic E-state index is 13.7. The molecule has 9 heteroatoms. The molecule has 6 nitrogen and oxygen atoms in total. The third-order valence-corrected chi connectivity index (χ3v) is 6.71. The van der Waals surface area contributed by atoms with E-state index in [0.717, 1.165) is 0 Å². The van der Waals surface area contributed by atoms with Crippen LogP contribution in [0.3, 0.4) is 0 Å². The Bertz CT molecular complexity index is 794. The van der Waals surface area contributed by atoms with Crippen molar-refractivity contribution in [2.45, 2.75) is 18.1 Å². The summed E-state index contributed by atoms with van der Waals surface area (Å²) in [5.74, 6) is -0.259. The SMILES string of the molecule is CNS(=O)(=O)C1CCN(c2nnc(Cc3ccccc3F)s2)C1. The first-order valence-corrected chi connectivity index (χ1v) is 9.59. The van der Waals surface area contributed by atoms with Gasteiger partial charge in [-0.15, -0.1) is 10.2 Å². The van der Waals surface area contributed by atoms with Crippen molar-refractivity contribution >= 4 is 26.5 Å². The van der Waals surface area contributed by atoms with Gasteiger partial charge in [-0.1, -0.05) is 29.5 Å². The Balaban J connectivity index is 1.70. The minimum Gasteiger partial charge on any atom is -0.345 e. The molecule has 1 aliphatic rings. The summed E-state index contributed by atoms with van der Waals surface area (Å²) in [4.78, 5) is 1.92. The summed E-state index contributed by atoms with van der Waals surface area (Å²) in [6.07, 6.45) is 0.946. The number of sulfonamides is 1. The fourth-order valence-corrected chi connectivity index (χ4v) is 4.59. The lowest BCUT2D eigenvalue weighted by Crippen LogP contribution is -2.34. The lowest BCUT2D eigenvalue weighted by molar-refractivity contribution is 0.575. The molecule has 1 N–H and O–H groups in total. The van der Waals surface area contributed by atoms with Crippen LogP contribution in [0.5, 0.6) is 0 Å². The van der Waals surface area contributed by atoms with Gasteiger partial charge < -0.3 is 4.90 Å². The van der Waals surface area contributed by atoms with Gasteiger partial charge in [-0.25, -0.2) is 17.5 Å². The number of nitrogens with zero attached hydrogens (tertiary/aromatic N) is 3. The topological polar surface area (TPSA) is 75.2 Å². The van der Waals surface area contributed by atoms with Crippen molar-refractivity contribution < 1.29 is 12.8 Å². The van der Waals surface area contributed by atoms with Crippen molar-refractivity contribution in [2.75, 3.05) is 25.0 Å². The van der Waals surface area contributed by atoms with Gasteiger partial charge in [-0.2, -0.15) is 0 Å². The monoisotopic (exact) mass is 356 g/mol. The minimum absolute atomic E-state index is 0.259. The molecule has 1 aromatic carbocycles. The van der Waals surface area contributed by atoms with E-state index in [0.29, 0.717) is 41.6 Å². The Morgan fingerprint density at radius 3 is 2.91 bits per heavy atom. The second-order valence-corrected chi connectivity index (χ2v) is 8.56. The molecular formula is C14H17FN4O2S2. The fourth-order valence-electron chi connectivity index (χ4n) is 2.57. The molecular weight excluding hydrogens is 339 g/mol. The molecule has 2 heterocycles. The quantitative estimate of drug-likeness (QED) is 0.876. The van der Waals surface area contributed by atoms with Gasteiger partial charge in [0, 0.05) is 19.5 Å². The van der Waals surface area contributed by atoms with Crippen LogP contribution in [-0.4, -0.2) is 44.0 Å². The average molecular weight is 356 g/mol. The van der Waals surface area contributed by atoms with E-state index in [4.69, 9.17) is 0 Å². The van der Waals surface area contributed by atoms with E-state index in [1.54, 1.807) is 18.2 Å². The molecule has 0 amide bonds. The Morgan fingerprint density at radius 2 is 2.17 bits per heavy atom. The van der Waals surface area contributed by atoms with Crippen molar-refractivity contribution in [3.8, 4) is 0 Å². The van der Waals surface area contributed by atoms with Crippen LogP contribution in [0.1, 0.15) is 17.0 Å². The molecule has 1 saturated heterocycles. The van der Waals surface area contributed by atoms with Crippen molar-refractivity contribution in [1.82, 2.24) is 14.9 Å². The van der Waals surface area contributed by atoms with Crippen LogP contribution in [0.15, 0.2) is 24.3 Å². The van der Waals surface area contributed by atoms with Gasteiger partial charge in [-0.3, -0.25) is 0 Å². The summed E-state index contributed by atoms with van der Waals surface area (Å²) in [6.45, 7) is 1.03. The van der Waals surface area contributed by atoms with Gasteiger partial charge in [0.2, 0.25) is 15.2 Å². The number of aromatic nitrogens is 2. The maximum Gasteiger partial charge on any atom is 0.216 e. The van der Waals surface area contributed by atoms with Crippen molar-refractivity contribution in [3.05, 3.63) is 40.7 Å². The number of hydrogen-bond acceptors (Lipinski definition) is 6. The van der Waals surface area contributed by atoms with Crippen LogP contribution in [0.25, 0.3) is 0 Å². The summed E-state index contributed by atoms with van der Waals surface area (Å²) in [5, 5.41) is 9.18. The molecule has 0 bridgehead atoms. The number of nitrogens with one attached hydrogen (secondary N) is 1. The highest BCUT2D eigenvalue weighted by atomic mass is 32.2. The van der Waals surface area contributed by atoms with Gasteiger partial charge in [0.05, 0.1) is 5.25 Å². The molecule has 1 aromatic heterocycles. The van der Waals surface area contributed by atoms with Gasteiger partial charge in [0.15, 0.2) is 0 Å². The maximum absolute atomic E-state index is 13.7. The number of halogens is 1. The summed E-state index contributed by atoms with van der Waals surface area (Å²) in [7, 11) is -1.84. The number of benzene rings is 1. The highest BCUT2D eigenvalue weighted by Gasteiger charge is 2.33. The van der Waals surface area contributed by atoms with Crippen molar-refractivity contribution in [2.24, 2.45) is 0 Å². The van der Waals surface area contributed by atoms with Gasteiger partial charge in [0.1, 0.15) is 10.8 Å². The molecule has 124 valence electrons. The van der Waals surface area contributed by atoms with Crippen LogP contribution >= 0.6 is 11.3 Å². The zero-order valence-corrected chi connectivity index (χ0v) is 14.2. The average Bonchev–Trinajstić information content (AvgIpc) is 3.18. The fraction of sp³-hybridized carbons (Fsp3) is 0.429. The van der Waals surface area contributed by atoms with E-state index in [9.17, 15) is 12.8 Å². The Labute approximate surface area is 138 Å². The molecule has 0 spiro atoms. The summed E-state index contributed by atoms with van der Waals surface area (Å²) >= 11 is 1.38. The first kappa shape index (κ1) is 16.3. The van der Waals surface area contributed by atoms with Crippen molar-refractivity contribution in [3.63, 3.8) is 0 Å². The normalized spacial score (nSPS) is 18.5. The van der Waals surface area contributed by atoms with Gasteiger partial charge in [0.25, 0.3) is 0 Å². The van der Waals surface area contributed by atoms with Crippen LogP contribution in [-0.2, 0) is 16.4 Å². The lowest BCUT2D eigenvalue weighted by atomic mass is 10.1. The standard InChI is InChI=1S/C14H17FN4O2S2/c1-16-23(20,21)11-6-7-19(9-11)14-18-17-13(22-14)8-10-4-2-3-5-12(10)15/h2-5,11,16H,6-9H2,1H3. The summed E-state index contributed by atoms with van der Waals surface area (Å²) in [5.41, 5.74) is 0.576. The predicted molar refractivity (Wildman–Crippen MR) is 87.7 cm³/mol. The number of anilines is 1. The Morgan fingerprint density at radius 1 is 1.39 bits per heavy atom. The van der Waals surface area contributed by atoms with E-state index >= 15 is 0 Å². The zero-order chi connectivity index (χ0) is 16.4. The Kier molecular flexibility index (Phi) is 4.60.